The van der Waals surface area contributed by atoms with Crippen molar-refractivity contribution in [3.63, 3.8) is 0 Å². The van der Waals surface area contributed by atoms with Crippen LogP contribution in [0.5, 0.6) is 0 Å². The monoisotopic (exact) mass is 242 g/mol. The maximum absolute atomic E-state index is 12.0. The highest BCUT2D eigenvalue weighted by Gasteiger charge is 2.36. The molecule has 4 N–H and O–H groups in total. The summed E-state index contributed by atoms with van der Waals surface area (Å²) in [6.07, 6.45) is 0. The second-order valence-electron chi connectivity index (χ2n) is 6.25. The van der Waals surface area contributed by atoms with E-state index in [1.54, 1.807) is 11.8 Å². The van der Waals surface area contributed by atoms with Crippen LogP contribution in [0.25, 0.3) is 0 Å². The standard InChI is InChI=1S/C12H26N4O/c1-9-8-15(10(17)12(5,13)14)6-7-16(9)11(2,3)4/h9H,6-8,13-14H2,1-5H3. The van der Waals surface area contributed by atoms with Gasteiger partial charge < -0.3 is 16.4 Å². The quantitative estimate of drug-likeness (QED) is 0.632. The Morgan fingerprint density at radius 3 is 2.06 bits per heavy atom. The molecule has 1 heterocycles. The molecular formula is C12H26N4O. The van der Waals surface area contributed by atoms with Crippen LogP contribution < -0.4 is 11.5 Å². The molecule has 0 aromatic rings. The lowest BCUT2D eigenvalue weighted by Gasteiger charge is -2.47. The lowest BCUT2D eigenvalue weighted by Crippen LogP contribution is -2.65. The lowest BCUT2D eigenvalue weighted by atomic mass is 10.0. The number of amides is 1. The molecule has 0 aliphatic carbocycles. The van der Waals surface area contributed by atoms with Gasteiger partial charge in [0.25, 0.3) is 5.91 Å². The maximum atomic E-state index is 12.0. The molecular weight excluding hydrogens is 216 g/mol. The second-order valence-corrected chi connectivity index (χ2v) is 6.25. The van der Waals surface area contributed by atoms with Crippen LogP contribution in [0.2, 0.25) is 0 Å². The molecule has 1 rings (SSSR count). The molecule has 1 aliphatic heterocycles. The average Bonchev–Trinajstić information content (AvgIpc) is 2.12. The van der Waals surface area contributed by atoms with Gasteiger partial charge in [0.2, 0.25) is 0 Å². The summed E-state index contributed by atoms with van der Waals surface area (Å²) in [6, 6.07) is 0.329. The Morgan fingerprint density at radius 2 is 1.71 bits per heavy atom. The van der Waals surface area contributed by atoms with Gasteiger partial charge in [-0.1, -0.05) is 0 Å². The zero-order valence-corrected chi connectivity index (χ0v) is 11.7. The van der Waals surface area contributed by atoms with Crippen molar-refractivity contribution in [1.82, 2.24) is 9.80 Å². The van der Waals surface area contributed by atoms with Crippen LogP contribution in [-0.2, 0) is 4.79 Å². The van der Waals surface area contributed by atoms with Crippen molar-refractivity contribution in [2.75, 3.05) is 19.6 Å². The predicted molar refractivity (Wildman–Crippen MR) is 69.3 cm³/mol. The molecule has 17 heavy (non-hydrogen) atoms. The number of carbonyl (C=O) groups is 1. The number of hydrogen-bond acceptors (Lipinski definition) is 4. The van der Waals surface area contributed by atoms with Gasteiger partial charge in [0, 0.05) is 31.2 Å². The van der Waals surface area contributed by atoms with Crippen LogP contribution in [0, 0.1) is 0 Å². The molecule has 1 fully saturated rings. The zero-order chi connectivity index (χ0) is 13.4. The van der Waals surface area contributed by atoms with Gasteiger partial charge in [-0.05, 0) is 34.6 Å². The van der Waals surface area contributed by atoms with Crippen LogP contribution in [0.4, 0.5) is 0 Å². The molecule has 100 valence electrons. The van der Waals surface area contributed by atoms with E-state index in [9.17, 15) is 4.79 Å². The van der Waals surface area contributed by atoms with Crippen molar-refractivity contribution in [3.8, 4) is 0 Å². The minimum absolute atomic E-state index is 0.128. The second kappa shape index (κ2) is 4.55. The van der Waals surface area contributed by atoms with Crippen LogP contribution in [0.3, 0.4) is 0 Å². The Labute approximate surface area is 104 Å². The summed E-state index contributed by atoms with van der Waals surface area (Å²) in [6.45, 7) is 12.5. The van der Waals surface area contributed by atoms with E-state index >= 15 is 0 Å². The van der Waals surface area contributed by atoms with E-state index in [4.69, 9.17) is 11.5 Å². The van der Waals surface area contributed by atoms with Crippen molar-refractivity contribution >= 4 is 5.91 Å². The van der Waals surface area contributed by atoms with E-state index in [1.165, 1.54) is 0 Å². The number of hydrogen-bond donors (Lipinski definition) is 2. The van der Waals surface area contributed by atoms with Crippen molar-refractivity contribution in [2.24, 2.45) is 11.5 Å². The predicted octanol–water partition coefficient (Wildman–Crippen LogP) is -0.0488. The van der Waals surface area contributed by atoms with Gasteiger partial charge in [-0.25, -0.2) is 0 Å². The minimum Gasteiger partial charge on any atom is -0.337 e. The van der Waals surface area contributed by atoms with E-state index < -0.39 is 5.66 Å². The minimum atomic E-state index is -1.26. The molecule has 0 radical (unpaired) electrons. The lowest BCUT2D eigenvalue weighted by molar-refractivity contribution is -0.140. The summed E-state index contributed by atoms with van der Waals surface area (Å²) in [7, 11) is 0. The van der Waals surface area contributed by atoms with Crippen LogP contribution in [-0.4, -0.2) is 52.6 Å². The highest BCUT2D eigenvalue weighted by Crippen LogP contribution is 2.21. The van der Waals surface area contributed by atoms with Gasteiger partial charge >= 0.3 is 0 Å². The fourth-order valence-electron chi connectivity index (χ4n) is 2.48. The fourth-order valence-corrected chi connectivity index (χ4v) is 2.48. The summed E-state index contributed by atoms with van der Waals surface area (Å²) in [4.78, 5) is 16.2. The third-order valence-electron chi connectivity index (χ3n) is 3.24. The Balaban J connectivity index is 2.68. The number of carbonyl (C=O) groups excluding carboxylic acids is 1. The molecule has 1 atom stereocenters. The topological polar surface area (TPSA) is 75.6 Å². The Kier molecular flexibility index (Phi) is 3.86. The molecule has 0 bridgehead atoms. The third kappa shape index (κ3) is 3.40. The van der Waals surface area contributed by atoms with E-state index in [2.05, 4.69) is 32.6 Å². The number of nitrogens with zero attached hydrogens (tertiary/aromatic N) is 2. The number of nitrogens with two attached hydrogens (primary N) is 2. The molecule has 5 heteroatoms. The Morgan fingerprint density at radius 1 is 1.18 bits per heavy atom. The molecule has 0 saturated carbocycles. The van der Waals surface area contributed by atoms with Gasteiger partial charge in [-0.15, -0.1) is 0 Å². The SMILES string of the molecule is CC1CN(C(=O)C(C)(N)N)CCN1C(C)(C)C. The van der Waals surface area contributed by atoms with E-state index in [1.807, 2.05) is 0 Å². The largest absolute Gasteiger partial charge is 0.337 e. The van der Waals surface area contributed by atoms with Gasteiger partial charge in [-0.2, -0.15) is 0 Å². The van der Waals surface area contributed by atoms with Gasteiger partial charge in [0.1, 0.15) is 5.66 Å². The highest BCUT2D eigenvalue weighted by atomic mass is 16.2. The third-order valence-corrected chi connectivity index (χ3v) is 3.24. The average molecular weight is 242 g/mol. The van der Waals surface area contributed by atoms with Crippen molar-refractivity contribution in [3.05, 3.63) is 0 Å². The summed E-state index contributed by atoms with van der Waals surface area (Å²) in [5.41, 5.74) is 10.2. The smallest absolute Gasteiger partial charge is 0.257 e. The molecule has 0 aromatic heterocycles. The highest BCUT2D eigenvalue weighted by molar-refractivity contribution is 5.85. The van der Waals surface area contributed by atoms with Crippen molar-refractivity contribution in [2.45, 2.75) is 51.9 Å². The zero-order valence-electron chi connectivity index (χ0n) is 11.7. The van der Waals surface area contributed by atoms with E-state index in [0.29, 0.717) is 19.1 Å². The molecule has 1 aliphatic rings. The summed E-state index contributed by atoms with van der Waals surface area (Å²) in [5, 5.41) is 0. The molecule has 1 unspecified atom stereocenters. The van der Waals surface area contributed by atoms with E-state index in [-0.39, 0.29) is 11.4 Å². The van der Waals surface area contributed by atoms with Gasteiger partial charge in [0.05, 0.1) is 0 Å². The van der Waals surface area contributed by atoms with Crippen molar-refractivity contribution < 1.29 is 4.79 Å². The molecule has 5 nitrogen and oxygen atoms in total. The Hall–Kier alpha value is -0.650. The van der Waals surface area contributed by atoms with E-state index in [0.717, 1.165) is 6.54 Å². The van der Waals surface area contributed by atoms with Crippen LogP contribution in [0.15, 0.2) is 0 Å². The van der Waals surface area contributed by atoms with Gasteiger partial charge in [0.15, 0.2) is 0 Å². The molecule has 1 saturated heterocycles. The van der Waals surface area contributed by atoms with Gasteiger partial charge in [-0.3, -0.25) is 9.69 Å². The van der Waals surface area contributed by atoms with Crippen molar-refractivity contribution in [1.29, 1.82) is 0 Å². The number of rotatable bonds is 1. The first kappa shape index (κ1) is 14.4. The molecule has 0 spiro atoms. The fraction of sp³-hybridized carbons (Fsp3) is 0.917. The first-order chi connectivity index (χ1) is 7.53. The summed E-state index contributed by atoms with van der Waals surface area (Å²) < 4.78 is 0. The Bertz CT molecular complexity index is 290. The number of piperazine rings is 1. The molecule has 0 aromatic carbocycles. The first-order valence-electron chi connectivity index (χ1n) is 6.17. The van der Waals surface area contributed by atoms with Crippen LogP contribution in [0.1, 0.15) is 34.6 Å². The summed E-state index contributed by atoms with van der Waals surface area (Å²) >= 11 is 0. The first-order valence-corrected chi connectivity index (χ1v) is 6.17. The summed E-state index contributed by atoms with van der Waals surface area (Å²) in [5.74, 6) is -0.169. The normalized spacial score (nSPS) is 23.9. The maximum Gasteiger partial charge on any atom is 0.257 e. The molecule has 1 amide bonds. The van der Waals surface area contributed by atoms with Crippen LogP contribution >= 0.6 is 0 Å².